The summed E-state index contributed by atoms with van der Waals surface area (Å²) in [5, 5.41) is 0. The Morgan fingerprint density at radius 3 is 2.47 bits per heavy atom. The second-order valence-electron chi connectivity index (χ2n) is 6.25. The average Bonchev–Trinajstić information content (AvgIpc) is 2.10. The van der Waals surface area contributed by atoms with Gasteiger partial charge in [0, 0.05) is 6.42 Å². The summed E-state index contributed by atoms with van der Waals surface area (Å²) < 4.78 is 16.6. The smallest absolute Gasteiger partial charge is 0.308 e. The molecule has 2 unspecified atom stereocenters. The van der Waals surface area contributed by atoms with Crippen LogP contribution in [0.3, 0.4) is 0 Å². The summed E-state index contributed by atoms with van der Waals surface area (Å²) in [6, 6.07) is 0. The lowest BCUT2D eigenvalue weighted by Crippen LogP contribution is -2.46. The zero-order chi connectivity index (χ0) is 14.7. The maximum Gasteiger partial charge on any atom is 0.308 e. The minimum absolute atomic E-state index is 0.186. The molecule has 0 saturated carbocycles. The third-order valence-corrected chi connectivity index (χ3v) is 2.54. The minimum Gasteiger partial charge on any atom is -0.460 e. The van der Waals surface area contributed by atoms with Crippen molar-refractivity contribution >= 4 is 5.97 Å². The van der Waals surface area contributed by atoms with Crippen molar-refractivity contribution in [3.8, 4) is 0 Å². The van der Waals surface area contributed by atoms with E-state index in [0.717, 1.165) is 0 Å². The molecule has 0 aromatic carbocycles. The van der Waals surface area contributed by atoms with Gasteiger partial charge >= 0.3 is 5.97 Å². The SMILES string of the molecule is [C-]#[N+]CC1CC(CC(=O)OC(C)(C)C)OC(C)(C)O1. The molecule has 0 bridgehead atoms. The number of hydrogen-bond acceptors (Lipinski definition) is 4. The molecule has 2 atom stereocenters. The fourth-order valence-corrected chi connectivity index (χ4v) is 2.13. The van der Waals surface area contributed by atoms with Crippen molar-refractivity contribution in [2.75, 3.05) is 6.54 Å². The lowest BCUT2D eigenvalue weighted by atomic mass is 10.1. The first-order chi connectivity index (χ1) is 8.61. The van der Waals surface area contributed by atoms with Gasteiger partial charge in [-0.3, -0.25) is 4.79 Å². The van der Waals surface area contributed by atoms with Crippen LogP contribution >= 0.6 is 0 Å². The van der Waals surface area contributed by atoms with E-state index in [-0.39, 0.29) is 31.1 Å². The van der Waals surface area contributed by atoms with Crippen LogP contribution < -0.4 is 0 Å². The van der Waals surface area contributed by atoms with Crippen molar-refractivity contribution in [1.29, 1.82) is 0 Å². The zero-order valence-corrected chi connectivity index (χ0v) is 12.4. The largest absolute Gasteiger partial charge is 0.460 e. The molecule has 1 aliphatic rings. The fraction of sp³-hybridized carbons (Fsp3) is 0.857. The highest BCUT2D eigenvalue weighted by atomic mass is 16.7. The Morgan fingerprint density at radius 2 is 1.95 bits per heavy atom. The first kappa shape index (κ1) is 15.9. The van der Waals surface area contributed by atoms with Crippen molar-refractivity contribution in [1.82, 2.24) is 0 Å². The molecule has 0 N–H and O–H groups in total. The van der Waals surface area contributed by atoms with Gasteiger partial charge in [-0.1, -0.05) is 0 Å². The molecule has 0 aromatic rings. The van der Waals surface area contributed by atoms with Gasteiger partial charge in [-0.05, 0) is 34.6 Å². The molecule has 1 heterocycles. The Labute approximate surface area is 115 Å². The average molecular weight is 269 g/mol. The van der Waals surface area contributed by atoms with Crippen molar-refractivity contribution in [2.24, 2.45) is 0 Å². The maximum atomic E-state index is 11.8. The van der Waals surface area contributed by atoms with Gasteiger partial charge in [0.05, 0.1) is 12.5 Å². The van der Waals surface area contributed by atoms with Gasteiger partial charge in [-0.25, -0.2) is 6.57 Å². The predicted molar refractivity (Wildman–Crippen MR) is 70.4 cm³/mol. The monoisotopic (exact) mass is 269 g/mol. The van der Waals surface area contributed by atoms with Gasteiger partial charge in [-0.2, -0.15) is 0 Å². The number of ether oxygens (including phenoxy) is 3. The van der Waals surface area contributed by atoms with Crippen LogP contribution in [-0.4, -0.2) is 36.1 Å². The third-order valence-electron chi connectivity index (χ3n) is 2.54. The first-order valence-electron chi connectivity index (χ1n) is 6.52. The summed E-state index contributed by atoms with van der Waals surface area (Å²) in [6.45, 7) is 16.3. The zero-order valence-electron chi connectivity index (χ0n) is 12.4. The van der Waals surface area contributed by atoms with E-state index < -0.39 is 11.4 Å². The third kappa shape index (κ3) is 6.04. The van der Waals surface area contributed by atoms with E-state index in [1.165, 1.54) is 0 Å². The summed E-state index contributed by atoms with van der Waals surface area (Å²) >= 11 is 0. The Morgan fingerprint density at radius 1 is 1.37 bits per heavy atom. The van der Waals surface area contributed by atoms with E-state index in [4.69, 9.17) is 20.8 Å². The van der Waals surface area contributed by atoms with Crippen LogP contribution in [0.15, 0.2) is 0 Å². The molecule has 0 aliphatic carbocycles. The van der Waals surface area contributed by atoms with Crippen LogP contribution in [0, 0.1) is 6.57 Å². The van der Waals surface area contributed by atoms with E-state index in [2.05, 4.69) is 4.85 Å². The number of carbonyl (C=O) groups excluding carboxylic acids is 1. The molecular weight excluding hydrogens is 246 g/mol. The minimum atomic E-state index is -0.764. The summed E-state index contributed by atoms with van der Waals surface area (Å²) in [7, 11) is 0. The molecule has 108 valence electrons. The fourth-order valence-electron chi connectivity index (χ4n) is 2.13. The summed E-state index contributed by atoms with van der Waals surface area (Å²) in [6.07, 6.45) is 0.294. The molecule has 5 heteroatoms. The normalized spacial score (nSPS) is 26.5. The number of nitrogens with zero attached hydrogens (tertiary/aromatic N) is 1. The van der Waals surface area contributed by atoms with Gasteiger partial charge in [0.2, 0.25) is 6.54 Å². The van der Waals surface area contributed by atoms with Gasteiger partial charge in [0.1, 0.15) is 11.7 Å². The summed E-state index contributed by atoms with van der Waals surface area (Å²) in [4.78, 5) is 15.2. The Balaban J connectivity index is 2.57. The van der Waals surface area contributed by atoms with E-state index >= 15 is 0 Å². The predicted octanol–water partition coefficient (Wildman–Crippen LogP) is 2.55. The molecule has 1 fully saturated rings. The van der Waals surface area contributed by atoms with E-state index in [0.29, 0.717) is 6.42 Å². The summed E-state index contributed by atoms with van der Waals surface area (Å²) in [5.74, 6) is -1.04. The molecule has 1 rings (SSSR count). The standard InChI is InChI=1S/C14H23NO4/c1-13(2,3)19-12(16)8-10-7-11(9-15-6)18-14(4,5)17-10/h10-11H,7-9H2,1-5H3. The highest BCUT2D eigenvalue weighted by Crippen LogP contribution is 2.29. The molecule has 1 aliphatic heterocycles. The van der Waals surface area contributed by atoms with Crippen LogP contribution in [0.4, 0.5) is 0 Å². The topological polar surface area (TPSA) is 49.1 Å². The molecular formula is C14H23NO4. The Bertz CT molecular complexity index is 365. The molecule has 5 nitrogen and oxygen atoms in total. The number of rotatable bonds is 3. The van der Waals surface area contributed by atoms with Gasteiger partial charge in [0.15, 0.2) is 5.79 Å². The number of esters is 1. The molecule has 0 amide bonds. The highest BCUT2D eigenvalue weighted by Gasteiger charge is 2.38. The molecule has 19 heavy (non-hydrogen) atoms. The van der Waals surface area contributed by atoms with Crippen LogP contribution in [0.25, 0.3) is 4.85 Å². The quantitative estimate of drug-likeness (QED) is 0.583. The number of hydrogen-bond donors (Lipinski definition) is 0. The van der Waals surface area contributed by atoms with Crippen molar-refractivity contribution in [3.63, 3.8) is 0 Å². The van der Waals surface area contributed by atoms with E-state index in [9.17, 15) is 4.79 Å². The van der Waals surface area contributed by atoms with Crippen LogP contribution in [0.2, 0.25) is 0 Å². The van der Waals surface area contributed by atoms with Gasteiger partial charge in [0.25, 0.3) is 0 Å². The highest BCUT2D eigenvalue weighted by molar-refractivity contribution is 5.70. The lowest BCUT2D eigenvalue weighted by molar-refractivity contribution is -0.296. The Hall–Kier alpha value is -1.12. The van der Waals surface area contributed by atoms with Crippen LogP contribution in [0.1, 0.15) is 47.5 Å². The van der Waals surface area contributed by atoms with Crippen molar-refractivity contribution < 1.29 is 19.0 Å². The van der Waals surface area contributed by atoms with Crippen molar-refractivity contribution in [3.05, 3.63) is 11.4 Å². The number of carbonyl (C=O) groups is 1. The molecule has 0 aromatic heterocycles. The summed E-state index contributed by atoms with van der Waals surface area (Å²) in [5.41, 5.74) is -0.492. The Kier molecular flexibility index (Phi) is 4.94. The molecule has 0 radical (unpaired) electrons. The second-order valence-corrected chi connectivity index (χ2v) is 6.25. The van der Waals surface area contributed by atoms with E-state index in [1.807, 2.05) is 20.8 Å². The molecule has 1 saturated heterocycles. The second kappa shape index (κ2) is 5.89. The van der Waals surface area contributed by atoms with E-state index in [1.54, 1.807) is 13.8 Å². The maximum absolute atomic E-state index is 11.8. The van der Waals surface area contributed by atoms with Gasteiger partial charge < -0.3 is 19.1 Å². The lowest BCUT2D eigenvalue weighted by Gasteiger charge is -2.39. The van der Waals surface area contributed by atoms with Crippen LogP contribution in [0.5, 0.6) is 0 Å². The van der Waals surface area contributed by atoms with Crippen molar-refractivity contribution in [2.45, 2.75) is 71.1 Å². The van der Waals surface area contributed by atoms with Crippen LogP contribution in [-0.2, 0) is 19.0 Å². The molecule has 0 spiro atoms. The van der Waals surface area contributed by atoms with Gasteiger partial charge in [-0.15, -0.1) is 0 Å². The first-order valence-corrected chi connectivity index (χ1v) is 6.52.